The molecule has 0 aliphatic heterocycles. The molecule has 134 valence electrons. The summed E-state index contributed by atoms with van der Waals surface area (Å²) in [5.74, 6) is -0.926. The molecule has 0 unspecified atom stereocenters. The van der Waals surface area contributed by atoms with Gasteiger partial charge in [0.2, 0.25) is 10.0 Å². The molecule has 0 heterocycles. The van der Waals surface area contributed by atoms with Crippen molar-refractivity contribution in [2.75, 3.05) is 7.05 Å². The third kappa shape index (κ3) is 4.58. The van der Waals surface area contributed by atoms with E-state index >= 15 is 0 Å². The molecule has 1 N–H and O–H groups in total. The molecule has 0 spiro atoms. The highest BCUT2D eigenvalue weighted by Crippen LogP contribution is 2.32. The molecular weight excluding hydrogens is 359 g/mol. The first-order chi connectivity index (χ1) is 11.6. The van der Waals surface area contributed by atoms with Gasteiger partial charge in [-0.15, -0.1) is 0 Å². The molecule has 2 aromatic carbocycles. The number of carbonyl (C=O) groups excluding carboxylic acids is 1. The normalized spacial score (nSPS) is 12.0. The van der Waals surface area contributed by atoms with Gasteiger partial charge in [-0.05, 0) is 31.3 Å². The first-order valence-corrected chi connectivity index (χ1v) is 8.49. The van der Waals surface area contributed by atoms with Crippen molar-refractivity contribution in [3.8, 4) is 0 Å². The Labute approximate surface area is 142 Å². The predicted molar refractivity (Wildman–Crippen MR) is 83.3 cm³/mol. The van der Waals surface area contributed by atoms with Crippen molar-refractivity contribution in [1.82, 2.24) is 4.72 Å². The standard InChI is InChI=1S/C16H14F3NO4S/c1-20-25(22,23)13-7-4-6-11(9-13)15(21)24-10-12-5-2-3-8-14(12)16(17,18)19/h2-9,20H,10H2,1H3. The Morgan fingerprint density at radius 3 is 2.44 bits per heavy atom. The lowest BCUT2D eigenvalue weighted by Gasteiger charge is -2.13. The SMILES string of the molecule is CNS(=O)(=O)c1cccc(C(=O)OCc2ccccc2C(F)(F)F)c1. The van der Waals surface area contributed by atoms with Crippen LogP contribution in [0.2, 0.25) is 0 Å². The summed E-state index contributed by atoms with van der Waals surface area (Å²) in [6, 6.07) is 9.75. The lowest BCUT2D eigenvalue weighted by molar-refractivity contribution is -0.138. The topological polar surface area (TPSA) is 72.5 Å². The van der Waals surface area contributed by atoms with Gasteiger partial charge in [-0.3, -0.25) is 0 Å². The Hall–Kier alpha value is -2.39. The first kappa shape index (κ1) is 18.9. The number of esters is 1. The van der Waals surface area contributed by atoms with Crippen molar-refractivity contribution in [2.24, 2.45) is 0 Å². The average Bonchev–Trinajstić information content (AvgIpc) is 2.59. The summed E-state index contributed by atoms with van der Waals surface area (Å²) in [7, 11) is -2.54. The van der Waals surface area contributed by atoms with Crippen LogP contribution in [0.1, 0.15) is 21.5 Å². The van der Waals surface area contributed by atoms with Crippen molar-refractivity contribution < 1.29 is 31.1 Å². The van der Waals surface area contributed by atoms with Crippen LogP contribution in [0.25, 0.3) is 0 Å². The fraction of sp³-hybridized carbons (Fsp3) is 0.188. The molecule has 5 nitrogen and oxygen atoms in total. The molecule has 0 aromatic heterocycles. The molecule has 0 saturated heterocycles. The first-order valence-electron chi connectivity index (χ1n) is 7.01. The maximum atomic E-state index is 12.9. The molecule has 2 aromatic rings. The Kier molecular flexibility index (Phi) is 5.48. The van der Waals surface area contributed by atoms with E-state index in [4.69, 9.17) is 4.74 Å². The van der Waals surface area contributed by atoms with E-state index in [2.05, 4.69) is 4.72 Å². The summed E-state index contributed by atoms with van der Waals surface area (Å²) in [5.41, 5.74) is -1.17. The maximum Gasteiger partial charge on any atom is 0.416 e. The van der Waals surface area contributed by atoms with E-state index in [0.717, 1.165) is 12.1 Å². The Morgan fingerprint density at radius 1 is 1.12 bits per heavy atom. The number of sulfonamides is 1. The van der Waals surface area contributed by atoms with Crippen LogP contribution >= 0.6 is 0 Å². The molecule has 25 heavy (non-hydrogen) atoms. The fourth-order valence-electron chi connectivity index (χ4n) is 2.06. The van der Waals surface area contributed by atoms with Crippen molar-refractivity contribution in [1.29, 1.82) is 0 Å². The summed E-state index contributed by atoms with van der Waals surface area (Å²) in [4.78, 5) is 11.9. The Balaban J connectivity index is 2.19. The fourth-order valence-corrected chi connectivity index (χ4v) is 2.83. The van der Waals surface area contributed by atoms with Gasteiger partial charge < -0.3 is 4.74 Å². The molecular formula is C16H14F3NO4S. The van der Waals surface area contributed by atoms with Gasteiger partial charge in [-0.25, -0.2) is 17.9 Å². The lowest BCUT2D eigenvalue weighted by atomic mass is 10.1. The molecule has 0 radical (unpaired) electrons. The molecule has 0 bridgehead atoms. The monoisotopic (exact) mass is 373 g/mol. The number of nitrogens with one attached hydrogen (secondary N) is 1. The zero-order valence-corrected chi connectivity index (χ0v) is 13.8. The van der Waals surface area contributed by atoms with E-state index in [1.807, 2.05) is 0 Å². The summed E-state index contributed by atoms with van der Waals surface area (Å²) in [5, 5.41) is 0. The van der Waals surface area contributed by atoms with E-state index < -0.39 is 34.3 Å². The lowest BCUT2D eigenvalue weighted by Crippen LogP contribution is -2.19. The highest BCUT2D eigenvalue weighted by Gasteiger charge is 2.33. The summed E-state index contributed by atoms with van der Waals surface area (Å²) in [6.45, 7) is -0.586. The van der Waals surface area contributed by atoms with Crippen molar-refractivity contribution in [2.45, 2.75) is 17.7 Å². The van der Waals surface area contributed by atoms with Crippen LogP contribution < -0.4 is 4.72 Å². The van der Waals surface area contributed by atoms with E-state index in [9.17, 15) is 26.4 Å². The van der Waals surface area contributed by atoms with Crippen molar-refractivity contribution in [3.05, 3.63) is 65.2 Å². The summed E-state index contributed by atoms with van der Waals surface area (Å²) < 4.78 is 69.2. The van der Waals surface area contributed by atoms with Crippen LogP contribution in [0.4, 0.5) is 13.2 Å². The van der Waals surface area contributed by atoms with Gasteiger partial charge in [0.25, 0.3) is 0 Å². The quantitative estimate of drug-likeness (QED) is 0.818. The van der Waals surface area contributed by atoms with Crippen molar-refractivity contribution >= 4 is 16.0 Å². The second-order valence-corrected chi connectivity index (χ2v) is 6.85. The molecule has 0 aliphatic rings. The second-order valence-electron chi connectivity index (χ2n) is 4.97. The number of benzene rings is 2. The minimum absolute atomic E-state index is 0.0826. The molecule has 2 rings (SSSR count). The number of hydrogen-bond acceptors (Lipinski definition) is 4. The van der Waals surface area contributed by atoms with Gasteiger partial charge in [0.05, 0.1) is 16.0 Å². The summed E-state index contributed by atoms with van der Waals surface area (Å²) >= 11 is 0. The molecule has 9 heteroatoms. The highest BCUT2D eigenvalue weighted by atomic mass is 32.2. The zero-order valence-electron chi connectivity index (χ0n) is 13.0. The molecule has 0 atom stereocenters. The number of rotatable bonds is 5. The molecule has 0 aliphatic carbocycles. The molecule has 0 fully saturated rings. The van der Waals surface area contributed by atoms with Crippen LogP contribution in [-0.2, 0) is 27.5 Å². The third-order valence-corrected chi connectivity index (χ3v) is 4.74. The van der Waals surface area contributed by atoms with E-state index in [1.165, 1.54) is 43.4 Å². The smallest absolute Gasteiger partial charge is 0.416 e. The highest BCUT2D eigenvalue weighted by molar-refractivity contribution is 7.89. The van der Waals surface area contributed by atoms with Crippen LogP contribution in [0.3, 0.4) is 0 Å². The predicted octanol–water partition coefficient (Wildman–Crippen LogP) is 2.97. The largest absolute Gasteiger partial charge is 0.457 e. The number of hydrogen-bond donors (Lipinski definition) is 1. The van der Waals surface area contributed by atoms with Crippen LogP contribution in [0, 0.1) is 0 Å². The van der Waals surface area contributed by atoms with Crippen molar-refractivity contribution in [3.63, 3.8) is 0 Å². The van der Waals surface area contributed by atoms with E-state index in [-0.39, 0.29) is 16.0 Å². The summed E-state index contributed by atoms with van der Waals surface area (Å²) in [6.07, 6.45) is -4.57. The minimum Gasteiger partial charge on any atom is -0.457 e. The van der Waals surface area contributed by atoms with Crippen LogP contribution in [0.15, 0.2) is 53.4 Å². The zero-order chi connectivity index (χ0) is 18.7. The Morgan fingerprint density at radius 2 is 1.80 bits per heavy atom. The second kappa shape index (κ2) is 7.24. The van der Waals surface area contributed by atoms with Gasteiger partial charge in [-0.1, -0.05) is 24.3 Å². The van der Waals surface area contributed by atoms with Gasteiger partial charge in [0.1, 0.15) is 6.61 Å². The van der Waals surface area contributed by atoms with E-state index in [1.54, 1.807) is 0 Å². The van der Waals surface area contributed by atoms with E-state index in [0.29, 0.717) is 0 Å². The maximum absolute atomic E-state index is 12.9. The number of alkyl halides is 3. The third-order valence-electron chi connectivity index (χ3n) is 3.33. The number of ether oxygens (including phenoxy) is 1. The minimum atomic E-state index is -4.57. The van der Waals surface area contributed by atoms with Gasteiger partial charge in [0, 0.05) is 5.56 Å². The van der Waals surface area contributed by atoms with Gasteiger partial charge >= 0.3 is 12.1 Å². The van der Waals surface area contributed by atoms with Crippen LogP contribution in [0.5, 0.6) is 0 Å². The van der Waals surface area contributed by atoms with Crippen LogP contribution in [-0.4, -0.2) is 21.4 Å². The molecule has 0 amide bonds. The Bertz CT molecular complexity index is 879. The number of carbonyl (C=O) groups is 1. The molecule has 0 saturated carbocycles. The van der Waals surface area contributed by atoms with Gasteiger partial charge in [-0.2, -0.15) is 13.2 Å². The van der Waals surface area contributed by atoms with Gasteiger partial charge in [0.15, 0.2) is 0 Å². The number of halogens is 3. The average molecular weight is 373 g/mol.